The van der Waals surface area contributed by atoms with E-state index in [1.807, 2.05) is 29.2 Å². The Kier molecular flexibility index (Phi) is 4.17. The van der Waals surface area contributed by atoms with Crippen molar-refractivity contribution in [3.05, 3.63) is 39.3 Å². The van der Waals surface area contributed by atoms with Gasteiger partial charge in [0.1, 0.15) is 0 Å². The van der Waals surface area contributed by atoms with Crippen LogP contribution in [0.1, 0.15) is 29.8 Å². The normalized spacial score (nSPS) is 12.9. The maximum Gasteiger partial charge on any atom is 0.0931 e. The third kappa shape index (κ3) is 2.87. The Morgan fingerprint density at radius 1 is 1.59 bits per heavy atom. The van der Waals surface area contributed by atoms with Crippen molar-refractivity contribution in [3.8, 4) is 0 Å². The number of thiophene rings is 1. The summed E-state index contributed by atoms with van der Waals surface area (Å²) >= 11 is 7.46. The first kappa shape index (κ1) is 12.6. The van der Waals surface area contributed by atoms with Crippen molar-refractivity contribution < 1.29 is 0 Å². The quantitative estimate of drug-likeness (QED) is 0.649. The SMILES string of the molecule is CCCn1cc(C(NN)c2ccc(Cl)s2)cn1. The fourth-order valence-corrected chi connectivity index (χ4v) is 2.86. The molecule has 17 heavy (non-hydrogen) atoms. The summed E-state index contributed by atoms with van der Waals surface area (Å²) in [5.74, 6) is 5.61. The van der Waals surface area contributed by atoms with Crippen LogP contribution in [0.25, 0.3) is 0 Å². The highest BCUT2D eigenvalue weighted by Crippen LogP contribution is 2.30. The monoisotopic (exact) mass is 270 g/mol. The molecule has 4 nitrogen and oxygen atoms in total. The molecule has 0 amide bonds. The fraction of sp³-hybridized carbons (Fsp3) is 0.364. The van der Waals surface area contributed by atoms with E-state index in [2.05, 4.69) is 17.4 Å². The largest absolute Gasteiger partial charge is 0.272 e. The van der Waals surface area contributed by atoms with Gasteiger partial charge < -0.3 is 0 Å². The van der Waals surface area contributed by atoms with E-state index in [-0.39, 0.29) is 6.04 Å². The van der Waals surface area contributed by atoms with Gasteiger partial charge in [-0.3, -0.25) is 10.5 Å². The number of nitrogens with one attached hydrogen (secondary N) is 1. The van der Waals surface area contributed by atoms with Crippen molar-refractivity contribution in [2.24, 2.45) is 5.84 Å². The number of rotatable bonds is 5. The molecule has 0 saturated carbocycles. The van der Waals surface area contributed by atoms with Crippen LogP contribution < -0.4 is 11.3 Å². The van der Waals surface area contributed by atoms with Gasteiger partial charge in [0.15, 0.2) is 0 Å². The van der Waals surface area contributed by atoms with E-state index in [4.69, 9.17) is 17.4 Å². The molecule has 2 rings (SSSR count). The van der Waals surface area contributed by atoms with Crippen LogP contribution in [0, 0.1) is 0 Å². The van der Waals surface area contributed by atoms with E-state index < -0.39 is 0 Å². The highest BCUT2D eigenvalue weighted by atomic mass is 35.5. The van der Waals surface area contributed by atoms with E-state index in [1.54, 1.807) is 0 Å². The molecule has 0 aliphatic heterocycles. The number of aromatic nitrogens is 2. The second kappa shape index (κ2) is 5.64. The van der Waals surface area contributed by atoms with Crippen LogP contribution in [-0.2, 0) is 6.54 Å². The lowest BCUT2D eigenvalue weighted by atomic mass is 10.1. The number of nitrogens with two attached hydrogens (primary N) is 1. The summed E-state index contributed by atoms with van der Waals surface area (Å²) in [5, 5.41) is 4.30. The predicted molar refractivity (Wildman–Crippen MR) is 71.0 cm³/mol. The van der Waals surface area contributed by atoms with Crippen LogP contribution in [0.5, 0.6) is 0 Å². The number of hydrogen-bond donors (Lipinski definition) is 2. The fourth-order valence-electron chi connectivity index (χ4n) is 1.71. The zero-order valence-corrected chi connectivity index (χ0v) is 11.1. The van der Waals surface area contributed by atoms with Gasteiger partial charge in [-0.15, -0.1) is 11.3 Å². The zero-order valence-electron chi connectivity index (χ0n) is 9.56. The number of hydrazine groups is 1. The van der Waals surface area contributed by atoms with Gasteiger partial charge in [0.25, 0.3) is 0 Å². The van der Waals surface area contributed by atoms with Gasteiger partial charge in [-0.1, -0.05) is 18.5 Å². The highest BCUT2D eigenvalue weighted by molar-refractivity contribution is 7.16. The van der Waals surface area contributed by atoms with Gasteiger partial charge >= 0.3 is 0 Å². The predicted octanol–water partition coefficient (Wildman–Crippen LogP) is 2.56. The highest BCUT2D eigenvalue weighted by Gasteiger charge is 2.16. The molecule has 2 aromatic heterocycles. The summed E-state index contributed by atoms with van der Waals surface area (Å²) in [7, 11) is 0. The number of hydrogen-bond acceptors (Lipinski definition) is 4. The molecule has 6 heteroatoms. The van der Waals surface area contributed by atoms with Crippen molar-refractivity contribution in [2.75, 3.05) is 0 Å². The van der Waals surface area contributed by atoms with Crippen molar-refractivity contribution >= 4 is 22.9 Å². The van der Waals surface area contributed by atoms with Crippen molar-refractivity contribution in [2.45, 2.75) is 25.9 Å². The lowest BCUT2D eigenvalue weighted by Gasteiger charge is -2.11. The minimum absolute atomic E-state index is 0.0434. The average Bonchev–Trinajstić information content (AvgIpc) is 2.91. The number of aryl methyl sites for hydroxylation is 1. The minimum Gasteiger partial charge on any atom is -0.272 e. The summed E-state index contributed by atoms with van der Waals surface area (Å²) in [5.41, 5.74) is 3.86. The first-order valence-electron chi connectivity index (χ1n) is 5.48. The molecule has 2 aromatic rings. The third-order valence-electron chi connectivity index (χ3n) is 2.48. The molecule has 0 aromatic carbocycles. The Labute approximate surface area is 109 Å². The summed E-state index contributed by atoms with van der Waals surface area (Å²) in [4.78, 5) is 1.09. The second-order valence-electron chi connectivity index (χ2n) is 3.78. The molecule has 0 aliphatic carbocycles. The van der Waals surface area contributed by atoms with Crippen molar-refractivity contribution in [3.63, 3.8) is 0 Å². The van der Waals surface area contributed by atoms with E-state index in [0.29, 0.717) is 0 Å². The molecule has 2 heterocycles. The first-order valence-corrected chi connectivity index (χ1v) is 6.67. The molecule has 0 radical (unpaired) electrons. The molecule has 0 aliphatic rings. The van der Waals surface area contributed by atoms with Crippen LogP contribution in [0.4, 0.5) is 0 Å². The zero-order chi connectivity index (χ0) is 12.3. The van der Waals surface area contributed by atoms with E-state index >= 15 is 0 Å². The molecule has 0 bridgehead atoms. The lowest BCUT2D eigenvalue weighted by Crippen LogP contribution is -2.27. The maximum absolute atomic E-state index is 5.93. The van der Waals surface area contributed by atoms with E-state index in [9.17, 15) is 0 Å². The molecular weight excluding hydrogens is 256 g/mol. The maximum atomic E-state index is 5.93. The van der Waals surface area contributed by atoms with E-state index in [0.717, 1.165) is 27.7 Å². The molecule has 0 fully saturated rings. The van der Waals surface area contributed by atoms with Crippen LogP contribution in [-0.4, -0.2) is 9.78 Å². The molecule has 0 saturated heterocycles. The number of halogens is 1. The molecule has 3 N–H and O–H groups in total. The topological polar surface area (TPSA) is 55.9 Å². The molecule has 92 valence electrons. The average molecular weight is 271 g/mol. The molecule has 1 atom stereocenters. The van der Waals surface area contributed by atoms with Gasteiger partial charge in [0, 0.05) is 23.2 Å². The van der Waals surface area contributed by atoms with Crippen molar-refractivity contribution in [1.29, 1.82) is 0 Å². The Bertz CT molecular complexity index is 479. The van der Waals surface area contributed by atoms with Gasteiger partial charge in [-0.2, -0.15) is 5.10 Å². The van der Waals surface area contributed by atoms with Crippen molar-refractivity contribution in [1.82, 2.24) is 15.2 Å². The minimum atomic E-state index is -0.0434. The number of nitrogens with zero attached hydrogens (tertiary/aromatic N) is 2. The van der Waals surface area contributed by atoms with Crippen LogP contribution in [0.3, 0.4) is 0 Å². The standard InChI is InChI=1S/C11H15ClN4S/c1-2-5-16-7-8(6-14-16)11(15-13)9-3-4-10(12)17-9/h3-4,6-7,11,15H,2,5,13H2,1H3. The summed E-state index contributed by atoms with van der Waals surface area (Å²) in [6, 6.07) is 3.81. The summed E-state index contributed by atoms with van der Waals surface area (Å²) < 4.78 is 2.69. The van der Waals surface area contributed by atoms with Gasteiger partial charge in [0.05, 0.1) is 16.6 Å². The third-order valence-corrected chi connectivity index (χ3v) is 3.78. The van der Waals surface area contributed by atoms with Crippen LogP contribution >= 0.6 is 22.9 Å². The Morgan fingerprint density at radius 2 is 2.41 bits per heavy atom. The molecule has 1 unspecified atom stereocenters. The second-order valence-corrected chi connectivity index (χ2v) is 5.52. The van der Waals surface area contributed by atoms with Gasteiger partial charge in [-0.25, -0.2) is 5.43 Å². The van der Waals surface area contributed by atoms with Gasteiger partial charge in [0.2, 0.25) is 0 Å². The Hall–Kier alpha value is -0.880. The molecule has 0 spiro atoms. The van der Waals surface area contributed by atoms with Crippen LogP contribution in [0.15, 0.2) is 24.5 Å². The molecular formula is C11H15ClN4S. The van der Waals surface area contributed by atoms with E-state index in [1.165, 1.54) is 11.3 Å². The Balaban J connectivity index is 2.22. The lowest BCUT2D eigenvalue weighted by molar-refractivity contribution is 0.598. The Morgan fingerprint density at radius 3 is 3.00 bits per heavy atom. The van der Waals surface area contributed by atoms with Crippen LogP contribution in [0.2, 0.25) is 4.34 Å². The first-order chi connectivity index (χ1) is 8.24. The smallest absolute Gasteiger partial charge is 0.0931 e. The summed E-state index contributed by atoms with van der Waals surface area (Å²) in [6.45, 7) is 3.04. The summed E-state index contributed by atoms with van der Waals surface area (Å²) in [6.07, 6.45) is 4.92. The van der Waals surface area contributed by atoms with Gasteiger partial charge in [-0.05, 0) is 18.6 Å².